The highest BCUT2D eigenvalue weighted by Gasteiger charge is 2.13. The van der Waals surface area contributed by atoms with Crippen LogP contribution in [0.5, 0.6) is 17.2 Å². The Morgan fingerprint density at radius 2 is 1.50 bits per heavy atom. The molecule has 7 heteroatoms. The molecule has 4 aromatic carbocycles. The average Bonchev–Trinajstić information content (AvgIpc) is 2.92. The largest absolute Gasteiger partial charge is 0.490 e. The van der Waals surface area contributed by atoms with Gasteiger partial charge in [0.25, 0.3) is 0 Å². The van der Waals surface area contributed by atoms with Gasteiger partial charge in [-0.25, -0.2) is 0 Å². The summed E-state index contributed by atoms with van der Waals surface area (Å²) in [6, 6.07) is 28.8. The fourth-order valence-electron chi connectivity index (χ4n) is 3.70. The summed E-state index contributed by atoms with van der Waals surface area (Å²) >= 11 is 16.5. The summed E-state index contributed by atoms with van der Waals surface area (Å²) < 4.78 is 18.7. The van der Waals surface area contributed by atoms with Gasteiger partial charge >= 0.3 is 0 Å². The summed E-state index contributed by atoms with van der Waals surface area (Å²) in [5.41, 5.74) is 3.94. The van der Waals surface area contributed by atoms with Crippen molar-refractivity contribution in [3.63, 3.8) is 0 Å². The molecule has 0 fully saturated rings. The average molecular weight is 609 g/mol. The van der Waals surface area contributed by atoms with Crippen LogP contribution in [0.2, 0.25) is 10.0 Å². The second-order valence-corrected chi connectivity index (χ2v) is 10.00. The molecule has 0 aromatic heterocycles. The lowest BCUT2D eigenvalue weighted by Crippen LogP contribution is -2.02. The van der Waals surface area contributed by atoms with E-state index in [0.29, 0.717) is 51.6 Å². The summed E-state index contributed by atoms with van der Waals surface area (Å²) in [7, 11) is 0. The van der Waals surface area contributed by atoms with Crippen molar-refractivity contribution in [2.45, 2.75) is 20.1 Å². The van der Waals surface area contributed by atoms with Crippen molar-refractivity contribution >= 4 is 50.8 Å². The van der Waals surface area contributed by atoms with Crippen molar-refractivity contribution in [2.24, 2.45) is 0 Å². The van der Waals surface area contributed by atoms with E-state index < -0.39 is 0 Å². The minimum Gasteiger partial charge on any atom is -0.490 e. The Labute approximate surface area is 241 Å². The van der Waals surface area contributed by atoms with E-state index in [9.17, 15) is 5.26 Å². The molecule has 4 nitrogen and oxygen atoms in total. The van der Waals surface area contributed by atoms with Crippen LogP contribution in [0.25, 0.3) is 11.6 Å². The van der Waals surface area contributed by atoms with Crippen molar-refractivity contribution in [1.29, 1.82) is 5.26 Å². The Bertz CT molecular complexity index is 1440. The Morgan fingerprint density at radius 1 is 0.816 bits per heavy atom. The van der Waals surface area contributed by atoms with Crippen LogP contribution in [0.3, 0.4) is 0 Å². The molecular formula is C31H24BrCl2NO3. The molecule has 0 N–H and O–H groups in total. The zero-order valence-corrected chi connectivity index (χ0v) is 23.7. The van der Waals surface area contributed by atoms with Gasteiger partial charge in [0, 0.05) is 4.47 Å². The van der Waals surface area contributed by atoms with E-state index in [1.165, 1.54) is 0 Å². The SMILES string of the molecule is CCOc1cc(COc2c(Cl)cc(/C=C(\C#N)c3ccc(Br)cc3)cc2Cl)ccc1OCc1ccccc1. The smallest absolute Gasteiger partial charge is 0.161 e. The van der Waals surface area contributed by atoms with Gasteiger partial charge in [0.05, 0.1) is 28.3 Å². The Balaban J connectivity index is 1.48. The molecule has 192 valence electrons. The molecule has 0 heterocycles. The molecule has 0 unspecified atom stereocenters. The van der Waals surface area contributed by atoms with E-state index in [1.807, 2.05) is 79.7 Å². The van der Waals surface area contributed by atoms with Gasteiger partial charge in [-0.3, -0.25) is 0 Å². The first-order chi connectivity index (χ1) is 18.5. The van der Waals surface area contributed by atoms with Crippen LogP contribution in [-0.2, 0) is 13.2 Å². The van der Waals surface area contributed by atoms with E-state index >= 15 is 0 Å². The molecule has 0 bridgehead atoms. The molecule has 38 heavy (non-hydrogen) atoms. The second kappa shape index (κ2) is 13.4. The Hall–Kier alpha value is -3.43. The van der Waals surface area contributed by atoms with Crippen molar-refractivity contribution in [3.8, 4) is 23.3 Å². The molecule has 4 rings (SSSR count). The predicted molar refractivity (Wildman–Crippen MR) is 157 cm³/mol. The third-order valence-corrected chi connectivity index (χ3v) is 6.63. The highest BCUT2D eigenvalue weighted by Crippen LogP contribution is 2.37. The molecular weight excluding hydrogens is 585 g/mol. The maximum absolute atomic E-state index is 9.65. The summed E-state index contributed by atoms with van der Waals surface area (Å²) in [6.07, 6.45) is 1.74. The molecule has 4 aromatic rings. The number of nitrogens with zero attached hydrogens (tertiary/aromatic N) is 1. The van der Waals surface area contributed by atoms with Crippen molar-refractivity contribution in [3.05, 3.63) is 122 Å². The third kappa shape index (κ3) is 7.33. The van der Waals surface area contributed by atoms with Gasteiger partial charge in [-0.1, -0.05) is 87.7 Å². The van der Waals surface area contributed by atoms with Crippen LogP contribution in [0.15, 0.2) is 89.4 Å². The van der Waals surface area contributed by atoms with Crippen LogP contribution < -0.4 is 14.2 Å². The Kier molecular flexibility index (Phi) is 9.73. The number of nitriles is 1. The first-order valence-electron chi connectivity index (χ1n) is 11.9. The van der Waals surface area contributed by atoms with Crippen LogP contribution in [0, 0.1) is 11.3 Å². The van der Waals surface area contributed by atoms with Crippen LogP contribution in [-0.4, -0.2) is 6.61 Å². The Morgan fingerprint density at radius 3 is 2.16 bits per heavy atom. The lowest BCUT2D eigenvalue weighted by molar-refractivity contribution is 0.267. The van der Waals surface area contributed by atoms with Gasteiger partial charge < -0.3 is 14.2 Å². The quantitative estimate of drug-likeness (QED) is 0.133. The predicted octanol–water partition coefficient (Wildman–Crippen LogP) is 9.38. The van der Waals surface area contributed by atoms with Gasteiger partial charge in [-0.15, -0.1) is 0 Å². The molecule has 0 aliphatic rings. The zero-order valence-electron chi connectivity index (χ0n) is 20.6. The number of allylic oxidation sites excluding steroid dienone is 1. The maximum atomic E-state index is 9.65. The van der Waals surface area contributed by atoms with Crippen molar-refractivity contribution in [2.75, 3.05) is 6.61 Å². The van der Waals surface area contributed by atoms with E-state index in [4.69, 9.17) is 37.4 Å². The first kappa shape index (κ1) is 27.6. The molecule has 0 spiro atoms. The summed E-state index contributed by atoms with van der Waals surface area (Å²) in [5, 5.41) is 10.3. The summed E-state index contributed by atoms with van der Waals surface area (Å²) in [4.78, 5) is 0. The summed E-state index contributed by atoms with van der Waals surface area (Å²) in [6.45, 7) is 3.10. The monoisotopic (exact) mass is 607 g/mol. The molecule has 0 aliphatic carbocycles. The fourth-order valence-corrected chi connectivity index (χ4v) is 4.57. The fraction of sp³-hybridized carbons (Fsp3) is 0.129. The topological polar surface area (TPSA) is 51.5 Å². The van der Waals surface area contributed by atoms with Crippen LogP contribution in [0.1, 0.15) is 29.2 Å². The van der Waals surface area contributed by atoms with E-state index in [-0.39, 0.29) is 6.61 Å². The summed E-state index contributed by atoms with van der Waals surface area (Å²) in [5.74, 6) is 1.67. The van der Waals surface area contributed by atoms with Crippen molar-refractivity contribution in [1.82, 2.24) is 0 Å². The highest BCUT2D eigenvalue weighted by atomic mass is 79.9. The van der Waals surface area contributed by atoms with Gasteiger partial charge in [0.15, 0.2) is 17.2 Å². The molecule has 0 atom stereocenters. The van der Waals surface area contributed by atoms with Gasteiger partial charge in [-0.05, 0) is 71.7 Å². The lowest BCUT2D eigenvalue weighted by atomic mass is 10.0. The van der Waals surface area contributed by atoms with Gasteiger partial charge in [-0.2, -0.15) is 5.26 Å². The zero-order chi connectivity index (χ0) is 26.9. The number of hydrogen-bond acceptors (Lipinski definition) is 4. The van der Waals surface area contributed by atoms with Gasteiger partial charge in [0.2, 0.25) is 0 Å². The van der Waals surface area contributed by atoms with E-state index in [2.05, 4.69) is 22.0 Å². The third-order valence-electron chi connectivity index (χ3n) is 5.54. The first-order valence-corrected chi connectivity index (χ1v) is 13.4. The number of halogens is 3. The maximum Gasteiger partial charge on any atom is 0.161 e. The number of benzene rings is 4. The standard InChI is InChI=1S/C31H24BrCl2NO3/c1-2-36-30-17-22(8-13-29(30)37-19-21-6-4-3-5-7-21)20-38-31-27(33)15-23(16-28(31)34)14-25(18-35)24-9-11-26(32)12-10-24/h3-17H,2,19-20H2,1H3/b25-14+. The van der Waals surface area contributed by atoms with Crippen LogP contribution in [0.4, 0.5) is 0 Å². The molecule has 0 radical (unpaired) electrons. The number of ether oxygens (including phenoxy) is 3. The molecule has 0 aliphatic heterocycles. The number of hydrogen-bond donors (Lipinski definition) is 0. The molecule has 0 amide bonds. The normalized spacial score (nSPS) is 11.1. The molecule has 0 saturated heterocycles. The van der Waals surface area contributed by atoms with Crippen LogP contribution >= 0.6 is 39.1 Å². The highest BCUT2D eigenvalue weighted by molar-refractivity contribution is 9.10. The minimum atomic E-state index is 0.232. The van der Waals surface area contributed by atoms with Crippen molar-refractivity contribution < 1.29 is 14.2 Å². The van der Waals surface area contributed by atoms with E-state index in [1.54, 1.807) is 18.2 Å². The lowest BCUT2D eigenvalue weighted by Gasteiger charge is -2.15. The van der Waals surface area contributed by atoms with E-state index in [0.717, 1.165) is 21.2 Å². The van der Waals surface area contributed by atoms with Gasteiger partial charge in [0.1, 0.15) is 13.2 Å². The second-order valence-electron chi connectivity index (χ2n) is 8.27. The minimum absolute atomic E-state index is 0.232. The molecule has 0 saturated carbocycles. The number of rotatable bonds is 10.